The third-order valence-electron chi connectivity index (χ3n) is 8.98. The van der Waals surface area contributed by atoms with Gasteiger partial charge in [-0.2, -0.15) is 0 Å². The second kappa shape index (κ2) is 12.1. The van der Waals surface area contributed by atoms with Crippen molar-refractivity contribution < 1.29 is 42.3 Å². The standard InChI is InChI=1S/C30H45F2N5O7/c1-13(2)19(26(42)44-14(3)4)35-27(43)36-22(28(5,6)7)25(41)37-12-16-18(29(16,8)9)20(37)24(40)34-17(21(38)23(33)39)10-15-11-30(15,31)32/h13,15-20,22H,3,10-12H2,1-2,4-9H3,(H2,33,39)(H,34,40)(H2,35,36,43)/t15?,16-,17?,18-,19-,20-,22+/m0/s1. The lowest BCUT2D eigenvalue weighted by atomic mass is 9.85. The summed E-state index contributed by atoms with van der Waals surface area (Å²) in [5.74, 6) is -9.39. The number of carbonyl (C=O) groups excluding carboxylic acids is 6. The topological polar surface area (TPSA) is 177 Å². The van der Waals surface area contributed by atoms with E-state index in [1.165, 1.54) is 11.8 Å². The van der Waals surface area contributed by atoms with Crippen molar-refractivity contribution in [1.82, 2.24) is 20.9 Å². The molecule has 0 aromatic rings. The van der Waals surface area contributed by atoms with Gasteiger partial charge in [-0.25, -0.2) is 18.4 Å². The molecule has 3 aliphatic rings. The van der Waals surface area contributed by atoms with E-state index in [9.17, 15) is 37.5 Å². The molecule has 0 aromatic carbocycles. The normalized spacial score (nSPS) is 26.4. The van der Waals surface area contributed by atoms with Gasteiger partial charge in [0.05, 0.1) is 11.8 Å². The van der Waals surface area contributed by atoms with Crippen molar-refractivity contribution in [2.75, 3.05) is 6.54 Å². The molecule has 14 heteroatoms. The minimum atomic E-state index is -3.00. The highest BCUT2D eigenvalue weighted by Gasteiger charge is 2.70. The van der Waals surface area contributed by atoms with Gasteiger partial charge in [0.25, 0.3) is 11.8 Å². The van der Waals surface area contributed by atoms with Crippen molar-refractivity contribution in [2.45, 2.75) is 98.3 Å². The van der Waals surface area contributed by atoms with Gasteiger partial charge in [0.1, 0.15) is 18.1 Å². The summed E-state index contributed by atoms with van der Waals surface area (Å²) in [6.07, 6.45) is -0.934. The van der Waals surface area contributed by atoms with Crippen molar-refractivity contribution in [3.63, 3.8) is 0 Å². The Kier molecular flexibility index (Phi) is 9.58. The van der Waals surface area contributed by atoms with E-state index in [-0.39, 0.29) is 35.5 Å². The number of likely N-dealkylation sites (tertiary alicyclic amines) is 1. The van der Waals surface area contributed by atoms with E-state index < -0.39 is 89.8 Å². The number of esters is 1. The van der Waals surface area contributed by atoms with E-state index in [0.29, 0.717) is 0 Å². The minimum absolute atomic E-state index is 0.0723. The molecule has 3 fully saturated rings. The fourth-order valence-electron chi connectivity index (χ4n) is 6.14. The van der Waals surface area contributed by atoms with Crippen LogP contribution in [0, 0.1) is 34.5 Å². The molecule has 1 saturated heterocycles. The monoisotopic (exact) mass is 625 g/mol. The van der Waals surface area contributed by atoms with Gasteiger partial charge in [0.2, 0.25) is 17.6 Å². The molecule has 44 heavy (non-hydrogen) atoms. The van der Waals surface area contributed by atoms with E-state index in [1.54, 1.807) is 34.6 Å². The van der Waals surface area contributed by atoms with E-state index in [1.807, 2.05) is 13.8 Å². The van der Waals surface area contributed by atoms with Gasteiger partial charge in [-0.1, -0.05) is 55.0 Å². The predicted molar refractivity (Wildman–Crippen MR) is 155 cm³/mol. The Hall–Kier alpha value is -3.58. The molecule has 1 heterocycles. The maximum atomic E-state index is 14.1. The summed E-state index contributed by atoms with van der Waals surface area (Å²) in [6.45, 7) is 17.7. The first-order valence-corrected chi connectivity index (χ1v) is 14.8. The zero-order chi connectivity index (χ0) is 33.7. The Morgan fingerprint density at radius 1 is 1.07 bits per heavy atom. The van der Waals surface area contributed by atoms with Gasteiger partial charge in [0, 0.05) is 18.9 Å². The fraction of sp³-hybridized carbons (Fsp3) is 0.733. The lowest BCUT2D eigenvalue weighted by molar-refractivity contribution is -0.145. The zero-order valence-corrected chi connectivity index (χ0v) is 26.6. The predicted octanol–water partition coefficient (Wildman–Crippen LogP) is 1.87. The number of Topliss-reactive ketones (excluding diaryl/α,β-unsaturated/α-hetero) is 1. The van der Waals surface area contributed by atoms with Gasteiger partial charge in [-0.3, -0.25) is 19.2 Å². The Bertz CT molecular complexity index is 1240. The number of halogens is 2. The summed E-state index contributed by atoms with van der Waals surface area (Å²) < 4.78 is 32.4. The van der Waals surface area contributed by atoms with Crippen LogP contribution in [0.1, 0.15) is 68.2 Å². The Balaban J connectivity index is 1.83. The van der Waals surface area contributed by atoms with Crippen LogP contribution in [0.5, 0.6) is 0 Å². The number of allylic oxidation sites excluding steroid dienone is 1. The third-order valence-corrected chi connectivity index (χ3v) is 8.98. The second-order valence-electron chi connectivity index (χ2n) is 14.3. The van der Waals surface area contributed by atoms with Gasteiger partial charge in [-0.05, 0) is 41.9 Å². The lowest BCUT2D eigenvalue weighted by Crippen LogP contribution is -2.62. The Labute approximate surface area is 256 Å². The molecule has 2 saturated carbocycles. The molecule has 3 rings (SSSR count). The molecule has 246 valence electrons. The van der Waals surface area contributed by atoms with Gasteiger partial charge < -0.3 is 31.3 Å². The van der Waals surface area contributed by atoms with Crippen molar-refractivity contribution in [2.24, 2.45) is 40.2 Å². The van der Waals surface area contributed by atoms with Crippen LogP contribution in [0.25, 0.3) is 0 Å². The highest BCUT2D eigenvalue weighted by molar-refractivity contribution is 6.37. The summed E-state index contributed by atoms with van der Waals surface area (Å²) in [4.78, 5) is 78.9. The smallest absolute Gasteiger partial charge is 0.334 e. The summed E-state index contributed by atoms with van der Waals surface area (Å²) >= 11 is 0. The van der Waals surface area contributed by atoms with E-state index in [4.69, 9.17) is 10.5 Å². The number of nitrogens with zero attached hydrogens (tertiary/aromatic N) is 1. The van der Waals surface area contributed by atoms with Crippen LogP contribution in [-0.4, -0.2) is 77.0 Å². The molecule has 5 amide bonds. The molecule has 0 bridgehead atoms. The molecule has 0 radical (unpaired) electrons. The number of hydrogen-bond acceptors (Lipinski definition) is 7. The summed E-state index contributed by atoms with van der Waals surface area (Å²) in [7, 11) is 0. The summed E-state index contributed by atoms with van der Waals surface area (Å²) in [5, 5.41) is 7.65. The quantitative estimate of drug-likeness (QED) is 0.145. The van der Waals surface area contributed by atoms with Crippen LogP contribution in [-0.2, 0) is 28.7 Å². The molecule has 2 aliphatic carbocycles. The van der Waals surface area contributed by atoms with Crippen molar-refractivity contribution in [3.05, 3.63) is 12.3 Å². The average Bonchev–Trinajstić information content (AvgIpc) is 3.53. The Morgan fingerprint density at radius 3 is 2.09 bits per heavy atom. The van der Waals surface area contributed by atoms with Crippen LogP contribution in [0.4, 0.5) is 13.6 Å². The Morgan fingerprint density at radius 2 is 1.64 bits per heavy atom. The summed E-state index contributed by atoms with van der Waals surface area (Å²) in [5.41, 5.74) is 3.95. The third kappa shape index (κ3) is 7.37. The number of carbonyl (C=O) groups is 6. The van der Waals surface area contributed by atoms with Crippen molar-refractivity contribution in [3.8, 4) is 0 Å². The van der Waals surface area contributed by atoms with E-state index in [2.05, 4.69) is 22.5 Å². The first kappa shape index (κ1) is 34.9. The molecule has 0 spiro atoms. The molecule has 1 aliphatic heterocycles. The molecule has 7 atom stereocenters. The first-order valence-electron chi connectivity index (χ1n) is 14.8. The van der Waals surface area contributed by atoms with E-state index in [0.717, 1.165) is 0 Å². The van der Waals surface area contributed by atoms with Gasteiger partial charge in [0.15, 0.2) is 0 Å². The number of piperidine rings is 1. The number of primary amides is 1. The lowest BCUT2D eigenvalue weighted by Gasteiger charge is -2.38. The molecule has 0 aromatic heterocycles. The molecule has 5 N–H and O–H groups in total. The zero-order valence-electron chi connectivity index (χ0n) is 26.6. The largest absolute Gasteiger partial charge is 0.430 e. The van der Waals surface area contributed by atoms with Crippen LogP contribution in [0.2, 0.25) is 0 Å². The maximum Gasteiger partial charge on any atom is 0.334 e. The number of nitrogens with one attached hydrogen (secondary N) is 3. The number of nitrogens with two attached hydrogens (primary N) is 1. The van der Waals surface area contributed by atoms with E-state index >= 15 is 0 Å². The highest BCUT2D eigenvalue weighted by atomic mass is 19.3. The van der Waals surface area contributed by atoms with Crippen LogP contribution < -0.4 is 21.7 Å². The van der Waals surface area contributed by atoms with Crippen molar-refractivity contribution >= 4 is 35.5 Å². The molecular weight excluding hydrogens is 580 g/mol. The number of fused-ring (bicyclic) bond motifs is 1. The number of ether oxygens (including phenoxy) is 1. The second-order valence-corrected chi connectivity index (χ2v) is 14.3. The molecule has 2 unspecified atom stereocenters. The maximum absolute atomic E-state index is 14.1. The number of amides is 5. The number of urea groups is 1. The van der Waals surface area contributed by atoms with Crippen LogP contribution >= 0.6 is 0 Å². The van der Waals surface area contributed by atoms with Crippen LogP contribution in [0.15, 0.2) is 12.3 Å². The first-order chi connectivity index (χ1) is 20.0. The number of ketones is 1. The minimum Gasteiger partial charge on any atom is -0.430 e. The highest BCUT2D eigenvalue weighted by Crippen LogP contribution is 2.65. The molecular formula is C30H45F2N5O7. The van der Waals surface area contributed by atoms with Gasteiger partial charge in [-0.15, -0.1) is 0 Å². The SMILES string of the molecule is C=C(C)OC(=O)[C@@H](NC(=O)N[C@H](C(=O)N1C[C@H]2[C@@H]([C@H]1C(=O)NC(CC1CC1(F)F)C(=O)C(N)=O)C2(C)C)C(C)(C)C)C(C)C. The number of rotatable bonds is 12. The average molecular weight is 626 g/mol. The molecule has 12 nitrogen and oxygen atoms in total. The van der Waals surface area contributed by atoms with Crippen molar-refractivity contribution in [1.29, 1.82) is 0 Å². The summed E-state index contributed by atoms with van der Waals surface area (Å²) in [6, 6.07) is -5.66. The number of alkyl halides is 2. The van der Waals surface area contributed by atoms with Gasteiger partial charge >= 0.3 is 12.0 Å². The number of hydrogen-bond donors (Lipinski definition) is 4. The van der Waals surface area contributed by atoms with Crippen LogP contribution in [0.3, 0.4) is 0 Å². The fourth-order valence-corrected chi connectivity index (χ4v) is 6.14.